The minimum absolute atomic E-state index is 0.0574. The molecule has 1 aromatic heterocycles. The van der Waals surface area contributed by atoms with Gasteiger partial charge >= 0.3 is 0 Å². The van der Waals surface area contributed by atoms with E-state index in [1.807, 2.05) is 6.92 Å². The molecule has 1 aliphatic heterocycles. The molecular formula is C14H23N3S. The third kappa shape index (κ3) is 2.28. The average Bonchev–Trinajstić information content (AvgIpc) is 2.87. The third-order valence-electron chi connectivity index (χ3n) is 4.47. The molecule has 0 aromatic carbocycles. The zero-order valence-electron chi connectivity index (χ0n) is 11.1. The Kier molecular flexibility index (Phi) is 3.57. The highest BCUT2D eigenvalue weighted by Gasteiger charge is 2.34. The molecule has 2 aliphatic rings. The van der Waals surface area contributed by atoms with E-state index >= 15 is 0 Å². The van der Waals surface area contributed by atoms with Crippen LogP contribution >= 0.6 is 11.3 Å². The van der Waals surface area contributed by atoms with E-state index in [2.05, 4.69) is 10.3 Å². The van der Waals surface area contributed by atoms with Gasteiger partial charge in [-0.15, -0.1) is 11.3 Å². The average molecular weight is 265 g/mol. The first-order valence-electron chi connectivity index (χ1n) is 7.23. The van der Waals surface area contributed by atoms with Crippen LogP contribution in [0.25, 0.3) is 0 Å². The Bertz CT molecular complexity index is 399. The predicted octanol–water partition coefficient (Wildman–Crippen LogP) is 3.32. The summed E-state index contributed by atoms with van der Waals surface area (Å²) in [6, 6.07) is 0.807. The van der Waals surface area contributed by atoms with Gasteiger partial charge in [-0.25, -0.2) is 4.98 Å². The second-order valence-corrected chi connectivity index (χ2v) is 6.63. The SMILES string of the molecule is CC(N)c1csc(N2CCCC3CCCCC32)n1. The molecule has 0 amide bonds. The molecular weight excluding hydrogens is 242 g/mol. The van der Waals surface area contributed by atoms with Crippen molar-refractivity contribution in [2.75, 3.05) is 11.4 Å². The molecule has 0 spiro atoms. The minimum atomic E-state index is 0.0574. The normalized spacial score (nSPS) is 30.0. The molecule has 100 valence electrons. The van der Waals surface area contributed by atoms with Gasteiger partial charge in [0.2, 0.25) is 0 Å². The summed E-state index contributed by atoms with van der Waals surface area (Å²) in [6.07, 6.45) is 8.35. The van der Waals surface area contributed by atoms with E-state index < -0.39 is 0 Å². The first kappa shape index (κ1) is 12.4. The fourth-order valence-corrected chi connectivity index (χ4v) is 4.49. The van der Waals surface area contributed by atoms with E-state index in [9.17, 15) is 0 Å². The van der Waals surface area contributed by atoms with Crippen molar-refractivity contribution in [3.8, 4) is 0 Å². The van der Waals surface area contributed by atoms with Crippen LogP contribution < -0.4 is 10.6 Å². The van der Waals surface area contributed by atoms with Gasteiger partial charge < -0.3 is 10.6 Å². The quantitative estimate of drug-likeness (QED) is 0.892. The van der Waals surface area contributed by atoms with Crippen LogP contribution in [-0.4, -0.2) is 17.6 Å². The summed E-state index contributed by atoms with van der Waals surface area (Å²) in [7, 11) is 0. The standard InChI is InChI=1S/C14H23N3S/c1-10(15)12-9-18-14(16-12)17-8-4-6-11-5-2-3-7-13(11)17/h9-11,13H,2-8,15H2,1H3. The summed E-state index contributed by atoms with van der Waals surface area (Å²) in [5.74, 6) is 0.912. The van der Waals surface area contributed by atoms with Crippen LogP contribution in [0.2, 0.25) is 0 Å². The van der Waals surface area contributed by atoms with Gasteiger partial charge in [-0.3, -0.25) is 0 Å². The molecule has 3 atom stereocenters. The minimum Gasteiger partial charge on any atom is -0.345 e. The molecule has 2 N–H and O–H groups in total. The number of rotatable bonds is 2. The van der Waals surface area contributed by atoms with E-state index in [0.29, 0.717) is 0 Å². The number of thiazole rings is 1. The Balaban J connectivity index is 1.80. The molecule has 18 heavy (non-hydrogen) atoms. The van der Waals surface area contributed by atoms with Gasteiger partial charge in [0.05, 0.1) is 5.69 Å². The number of anilines is 1. The molecule has 1 aliphatic carbocycles. The molecule has 1 saturated carbocycles. The van der Waals surface area contributed by atoms with E-state index in [4.69, 9.17) is 10.7 Å². The molecule has 3 nitrogen and oxygen atoms in total. The monoisotopic (exact) mass is 265 g/mol. The van der Waals surface area contributed by atoms with Crippen LogP contribution in [0.3, 0.4) is 0 Å². The van der Waals surface area contributed by atoms with E-state index in [0.717, 1.165) is 17.7 Å². The number of hydrogen-bond donors (Lipinski definition) is 1. The van der Waals surface area contributed by atoms with Crippen LogP contribution in [0, 0.1) is 5.92 Å². The summed E-state index contributed by atoms with van der Waals surface area (Å²) in [5.41, 5.74) is 6.96. The molecule has 4 heteroatoms. The number of piperidine rings is 1. The highest BCUT2D eigenvalue weighted by Crippen LogP contribution is 2.38. The fraction of sp³-hybridized carbons (Fsp3) is 0.786. The summed E-state index contributed by atoms with van der Waals surface area (Å²) >= 11 is 1.77. The first-order chi connectivity index (χ1) is 8.75. The number of nitrogens with zero attached hydrogens (tertiary/aromatic N) is 2. The molecule has 0 radical (unpaired) electrons. The Morgan fingerprint density at radius 2 is 2.11 bits per heavy atom. The van der Waals surface area contributed by atoms with Crippen molar-refractivity contribution in [3.63, 3.8) is 0 Å². The van der Waals surface area contributed by atoms with Crippen LogP contribution in [0.15, 0.2) is 5.38 Å². The van der Waals surface area contributed by atoms with Crippen LogP contribution in [0.5, 0.6) is 0 Å². The number of aromatic nitrogens is 1. The highest BCUT2D eigenvalue weighted by molar-refractivity contribution is 7.13. The Labute approximate surface area is 113 Å². The molecule has 0 bridgehead atoms. The molecule has 2 fully saturated rings. The van der Waals surface area contributed by atoms with Crippen molar-refractivity contribution in [1.82, 2.24) is 4.98 Å². The summed E-state index contributed by atoms with van der Waals surface area (Å²) in [6.45, 7) is 3.20. The van der Waals surface area contributed by atoms with Crippen molar-refractivity contribution in [1.29, 1.82) is 0 Å². The lowest BCUT2D eigenvalue weighted by molar-refractivity contribution is 0.243. The van der Waals surface area contributed by atoms with E-state index in [1.54, 1.807) is 11.3 Å². The largest absolute Gasteiger partial charge is 0.345 e. The molecule has 2 heterocycles. The number of fused-ring (bicyclic) bond motifs is 1. The summed E-state index contributed by atoms with van der Waals surface area (Å²) in [5, 5.41) is 3.34. The van der Waals surface area contributed by atoms with Crippen LogP contribution in [0.4, 0.5) is 5.13 Å². The van der Waals surface area contributed by atoms with Gasteiger partial charge in [0, 0.05) is 24.0 Å². The zero-order valence-corrected chi connectivity index (χ0v) is 12.0. The topological polar surface area (TPSA) is 42.1 Å². The Hall–Kier alpha value is -0.610. The second kappa shape index (κ2) is 5.17. The third-order valence-corrected chi connectivity index (χ3v) is 5.36. The van der Waals surface area contributed by atoms with Crippen LogP contribution in [-0.2, 0) is 0 Å². The molecule has 1 aromatic rings. The van der Waals surface area contributed by atoms with Gasteiger partial charge in [0.1, 0.15) is 0 Å². The molecule has 3 unspecified atom stereocenters. The van der Waals surface area contributed by atoms with Gasteiger partial charge in [-0.05, 0) is 38.5 Å². The molecule has 1 saturated heterocycles. The Morgan fingerprint density at radius 1 is 1.33 bits per heavy atom. The fourth-order valence-electron chi connectivity index (χ4n) is 3.48. The first-order valence-corrected chi connectivity index (χ1v) is 8.11. The lowest BCUT2D eigenvalue weighted by Gasteiger charge is -2.44. The van der Waals surface area contributed by atoms with Gasteiger partial charge in [0.15, 0.2) is 5.13 Å². The maximum absolute atomic E-state index is 5.91. The van der Waals surface area contributed by atoms with Gasteiger partial charge in [-0.2, -0.15) is 0 Å². The van der Waals surface area contributed by atoms with Gasteiger partial charge in [0.25, 0.3) is 0 Å². The molecule has 3 rings (SSSR count). The maximum Gasteiger partial charge on any atom is 0.185 e. The van der Waals surface area contributed by atoms with Crippen molar-refractivity contribution < 1.29 is 0 Å². The highest BCUT2D eigenvalue weighted by atomic mass is 32.1. The van der Waals surface area contributed by atoms with E-state index in [1.165, 1.54) is 50.2 Å². The second-order valence-electron chi connectivity index (χ2n) is 5.79. The smallest absolute Gasteiger partial charge is 0.185 e. The maximum atomic E-state index is 5.91. The van der Waals surface area contributed by atoms with Crippen molar-refractivity contribution >= 4 is 16.5 Å². The number of hydrogen-bond acceptors (Lipinski definition) is 4. The predicted molar refractivity (Wildman–Crippen MR) is 77.0 cm³/mol. The van der Waals surface area contributed by atoms with Crippen molar-refractivity contribution in [3.05, 3.63) is 11.1 Å². The zero-order chi connectivity index (χ0) is 12.5. The van der Waals surface area contributed by atoms with Gasteiger partial charge in [-0.1, -0.05) is 12.8 Å². The Morgan fingerprint density at radius 3 is 2.89 bits per heavy atom. The summed E-state index contributed by atoms with van der Waals surface area (Å²) < 4.78 is 0. The lowest BCUT2D eigenvalue weighted by atomic mass is 9.78. The van der Waals surface area contributed by atoms with Crippen molar-refractivity contribution in [2.45, 2.75) is 57.5 Å². The van der Waals surface area contributed by atoms with E-state index in [-0.39, 0.29) is 6.04 Å². The van der Waals surface area contributed by atoms with Crippen LogP contribution in [0.1, 0.15) is 57.2 Å². The van der Waals surface area contributed by atoms with Crippen molar-refractivity contribution in [2.24, 2.45) is 11.7 Å². The number of nitrogens with two attached hydrogens (primary N) is 1. The summed E-state index contributed by atoms with van der Waals surface area (Å²) in [4.78, 5) is 7.32. The lowest BCUT2D eigenvalue weighted by Crippen LogP contribution is -2.46.